The summed E-state index contributed by atoms with van der Waals surface area (Å²) < 4.78 is 24.8. The van der Waals surface area contributed by atoms with Gasteiger partial charge in [-0.15, -0.1) is 0 Å². The monoisotopic (exact) mass is 368 g/mol. The number of nitrogens with zero attached hydrogens (tertiary/aromatic N) is 1. The number of carbonyl (C=O) groups is 2. The van der Waals surface area contributed by atoms with Crippen molar-refractivity contribution in [2.24, 2.45) is 5.92 Å². The van der Waals surface area contributed by atoms with E-state index in [2.05, 4.69) is 5.32 Å². The number of likely N-dealkylation sites (tertiary alicyclic amines) is 1. The van der Waals surface area contributed by atoms with Gasteiger partial charge < -0.3 is 15.3 Å². The molecule has 1 heterocycles. The first kappa shape index (κ1) is 19.4. The summed E-state index contributed by atoms with van der Waals surface area (Å²) in [6.07, 6.45) is 1.97. The lowest BCUT2D eigenvalue weighted by Gasteiger charge is -2.30. The maximum atomic E-state index is 12.4. The summed E-state index contributed by atoms with van der Waals surface area (Å²) in [7, 11) is -3.39. The average Bonchev–Trinajstić information content (AvgIpc) is 2.55. The fraction of sp³-hybridized carbons (Fsp3) is 0.529. The van der Waals surface area contributed by atoms with Gasteiger partial charge in [-0.2, -0.15) is 0 Å². The first-order valence-electron chi connectivity index (χ1n) is 8.33. The maximum absolute atomic E-state index is 12.4. The van der Waals surface area contributed by atoms with Crippen LogP contribution < -0.4 is 5.32 Å². The molecule has 1 amide bonds. The zero-order valence-corrected chi connectivity index (χ0v) is 15.1. The number of benzene rings is 1. The van der Waals surface area contributed by atoms with Crippen molar-refractivity contribution in [2.45, 2.75) is 31.1 Å². The number of anilines is 1. The topological polar surface area (TPSA) is 104 Å². The van der Waals surface area contributed by atoms with Crippen LogP contribution in [-0.2, 0) is 19.4 Å². The third-order valence-corrected chi connectivity index (χ3v) is 6.09. The van der Waals surface area contributed by atoms with Crippen LogP contribution in [0.5, 0.6) is 0 Å². The van der Waals surface area contributed by atoms with Gasteiger partial charge in [0.25, 0.3) is 0 Å². The number of aliphatic carboxylic acids is 1. The van der Waals surface area contributed by atoms with Crippen LogP contribution in [0.3, 0.4) is 0 Å². The summed E-state index contributed by atoms with van der Waals surface area (Å²) >= 11 is 0. The van der Waals surface area contributed by atoms with E-state index in [0.717, 1.165) is 13.0 Å². The Morgan fingerprint density at radius 3 is 2.56 bits per heavy atom. The lowest BCUT2D eigenvalue weighted by molar-refractivity contribution is -0.143. The van der Waals surface area contributed by atoms with Crippen LogP contribution in [0.25, 0.3) is 0 Å². The molecule has 0 aromatic heterocycles. The van der Waals surface area contributed by atoms with Crippen molar-refractivity contribution in [3.63, 3.8) is 0 Å². The molecular formula is C17H24N2O5S. The number of amides is 1. The second kappa shape index (κ2) is 8.44. The predicted octanol–water partition coefficient (Wildman–Crippen LogP) is 1.61. The Morgan fingerprint density at radius 1 is 1.28 bits per heavy atom. The Bertz CT molecular complexity index is 715. The summed E-state index contributed by atoms with van der Waals surface area (Å²) in [6, 6.07) is 6.11. The summed E-state index contributed by atoms with van der Waals surface area (Å²) in [5.74, 6) is -1.33. The number of piperidine rings is 1. The Balaban J connectivity index is 1.86. The number of hydrogen-bond acceptors (Lipinski definition) is 5. The van der Waals surface area contributed by atoms with Crippen molar-refractivity contribution < 1.29 is 23.1 Å². The van der Waals surface area contributed by atoms with Gasteiger partial charge in [-0.25, -0.2) is 8.42 Å². The fourth-order valence-electron chi connectivity index (χ4n) is 3.01. The molecule has 8 heteroatoms. The largest absolute Gasteiger partial charge is 0.481 e. The lowest BCUT2D eigenvalue weighted by atomic mass is 9.98. The van der Waals surface area contributed by atoms with Crippen molar-refractivity contribution >= 4 is 27.4 Å². The van der Waals surface area contributed by atoms with E-state index in [9.17, 15) is 18.0 Å². The minimum atomic E-state index is -3.39. The molecule has 1 aliphatic heterocycles. The molecule has 1 unspecified atom stereocenters. The Morgan fingerprint density at radius 2 is 1.96 bits per heavy atom. The molecule has 1 atom stereocenters. The van der Waals surface area contributed by atoms with E-state index >= 15 is 0 Å². The van der Waals surface area contributed by atoms with Gasteiger partial charge in [0.1, 0.15) is 0 Å². The number of hydrogen-bond donors (Lipinski definition) is 2. The molecule has 2 rings (SSSR count). The van der Waals surface area contributed by atoms with Crippen molar-refractivity contribution in [1.29, 1.82) is 0 Å². The highest BCUT2D eigenvalue weighted by molar-refractivity contribution is 7.91. The molecule has 1 aromatic carbocycles. The van der Waals surface area contributed by atoms with E-state index in [4.69, 9.17) is 5.11 Å². The van der Waals surface area contributed by atoms with Crippen molar-refractivity contribution in [3.05, 3.63) is 24.3 Å². The molecule has 1 saturated heterocycles. The molecule has 1 aliphatic rings. The van der Waals surface area contributed by atoms with Gasteiger partial charge in [0, 0.05) is 19.2 Å². The molecule has 0 saturated carbocycles. The normalized spacial score (nSPS) is 18.7. The van der Waals surface area contributed by atoms with E-state index in [1.807, 2.05) is 4.90 Å². The number of nitrogens with one attached hydrogen (secondary N) is 1. The molecule has 0 radical (unpaired) electrons. The summed E-state index contributed by atoms with van der Waals surface area (Å²) in [4.78, 5) is 24.3. The van der Waals surface area contributed by atoms with Crippen molar-refractivity contribution in [1.82, 2.24) is 4.90 Å². The molecule has 0 spiro atoms. The number of rotatable bonds is 7. The van der Waals surface area contributed by atoms with Gasteiger partial charge >= 0.3 is 5.97 Å². The molecule has 25 heavy (non-hydrogen) atoms. The molecular weight excluding hydrogens is 344 g/mol. The van der Waals surface area contributed by atoms with Gasteiger partial charge in [-0.1, -0.05) is 0 Å². The summed E-state index contributed by atoms with van der Waals surface area (Å²) in [5, 5.41) is 11.7. The molecule has 7 nitrogen and oxygen atoms in total. The Labute approximate surface area is 147 Å². The zero-order chi connectivity index (χ0) is 18.4. The highest BCUT2D eigenvalue weighted by Gasteiger charge is 2.25. The van der Waals surface area contributed by atoms with Crippen LogP contribution in [0.4, 0.5) is 5.69 Å². The Hall–Kier alpha value is -1.93. The SMILES string of the molecule is CC(=O)Nc1ccc(S(=O)(=O)CCCN2CCCC(C(=O)O)C2)cc1. The minimum Gasteiger partial charge on any atom is -0.481 e. The number of sulfone groups is 1. The van der Waals surface area contributed by atoms with E-state index < -0.39 is 15.8 Å². The van der Waals surface area contributed by atoms with Crippen LogP contribution in [0.15, 0.2) is 29.2 Å². The highest BCUT2D eigenvalue weighted by Crippen LogP contribution is 2.19. The molecule has 138 valence electrons. The predicted molar refractivity (Wildman–Crippen MR) is 94.2 cm³/mol. The third kappa shape index (κ3) is 5.82. The second-order valence-corrected chi connectivity index (χ2v) is 8.47. The zero-order valence-electron chi connectivity index (χ0n) is 14.3. The van der Waals surface area contributed by atoms with Crippen LogP contribution >= 0.6 is 0 Å². The quantitative estimate of drug-likeness (QED) is 0.758. The van der Waals surface area contributed by atoms with Crippen LogP contribution in [-0.4, -0.2) is 55.7 Å². The van der Waals surface area contributed by atoms with Crippen molar-refractivity contribution in [3.8, 4) is 0 Å². The lowest BCUT2D eigenvalue weighted by Crippen LogP contribution is -2.39. The maximum Gasteiger partial charge on any atom is 0.307 e. The average molecular weight is 368 g/mol. The molecule has 1 aromatic rings. The van der Waals surface area contributed by atoms with Crippen LogP contribution in [0.1, 0.15) is 26.2 Å². The van der Waals surface area contributed by atoms with E-state index in [1.165, 1.54) is 19.1 Å². The second-order valence-electron chi connectivity index (χ2n) is 6.36. The number of carboxylic acids is 1. The minimum absolute atomic E-state index is 0.0146. The molecule has 0 bridgehead atoms. The van der Waals surface area contributed by atoms with Gasteiger partial charge in [-0.05, 0) is 56.6 Å². The first-order valence-corrected chi connectivity index (χ1v) is 9.99. The first-order chi connectivity index (χ1) is 11.8. The number of carbonyl (C=O) groups excluding carboxylic acids is 1. The van der Waals surface area contributed by atoms with Gasteiger partial charge in [0.2, 0.25) is 5.91 Å². The van der Waals surface area contributed by atoms with Crippen molar-refractivity contribution in [2.75, 3.05) is 30.7 Å². The molecule has 1 fully saturated rings. The number of carboxylic acid groups (broad SMARTS) is 1. The molecule has 2 N–H and O–H groups in total. The standard InChI is InChI=1S/C17H24N2O5S/c1-13(20)18-15-5-7-16(8-6-15)25(23,24)11-3-10-19-9-2-4-14(12-19)17(21)22/h5-8,14H,2-4,9-12H2,1H3,(H,18,20)(H,21,22). The summed E-state index contributed by atoms with van der Waals surface area (Å²) in [5.41, 5.74) is 0.555. The summed E-state index contributed by atoms with van der Waals surface area (Å²) in [6.45, 7) is 3.27. The fourth-order valence-corrected chi connectivity index (χ4v) is 4.30. The highest BCUT2D eigenvalue weighted by atomic mass is 32.2. The van der Waals surface area contributed by atoms with Crippen LogP contribution in [0, 0.1) is 5.92 Å². The van der Waals surface area contributed by atoms with Gasteiger partial charge in [0.05, 0.1) is 16.6 Å². The van der Waals surface area contributed by atoms with E-state index in [0.29, 0.717) is 31.6 Å². The van der Waals surface area contributed by atoms with Crippen LogP contribution in [0.2, 0.25) is 0 Å². The smallest absolute Gasteiger partial charge is 0.307 e. The Kier molecular flexibility index (Phi) is 6.55. The molecule has 0 aliphatic carbocycles. The van der Waals surface area contributed by atoms with E-state index in [-0.39, 0.29) is 22.5 Å². The third-order valence-electron chi connectivity index (χ3n) is 4.28. The van der Waals surface area contributed by atoms with Gasteiger partial charge in [0.15, 0.2) is 9.84 Å². The van der Waals surface area contributed by atoms with E-state index in [1.54, 1.807) is 12.1 Å². The van der Waals surface area contributed by atoms with Gasteiger partial charge in [-0.3, -0.25) is 9.59 Å².